The molecule has 1 aliphatic carbocycles. The fraction of sp³-hybridized carbons (Fsp3) is 0.529. The van der Waals surface area contributed by atoms with Gasteiger partial charge in [0, 0.05) is 13.6 Å². The predicted molar refractivity (Wildman–Crippen MR) is 90.9 cm³/mol. The van der Waals surface area contributed by atoms with Gasteiger partial charge in [0.15, 0.2) is 0 Å². The Balaban J connectivity index is 1.77. The highest BCUT2D eigenvalue weighted by Gasteiger charge is 2.28. The standard InChI is InChI=1S/C17H23N5O3/c1-10-15(25-12-5-3-4-11(8-12)17(23)24)7-6-13(19-10)16-14(9-18)22(2)21-20-16/h6-7,11-12H,3-5,8-9,18H2,1-2H3,(H,23,24). The van der Waals surface area contributed by atoms with E-state index in [-0.39, 0.29) is 12.0 Å². The summed E-state index contributed by atoms with van der Waals surface area (Å²) in [4.78, 5) is 15.8. The molecular weight excluding hydrogens is 322 g/mol. The molecule has 3 rings (SSSR count). The van der Waals surface area contributed by atoms with Gasteiger partial charge in [-0.1, -0.05) is 5.21 Å². The lowest BCUT2D eigenvalue weighted by Crippen LogP contribution is -2.29. The maximum atomic E-state index is 11.2. The van der Waals surface area contributed by atoms with Crippen LogP contribution in [0, 0.1) is 12.8 Å². The molecule has 8 nitrogen and oxygen atoms in total. The van der Waals surface area contributed by atoms with Gasteiger partial charge in [0.25, 0.3) is 0 Å². The Hall–Kier alpha value is -2.48. The minimum absolute atomic E-state index is 0.0858. The molecule has 1 saturated carbocycles. The van der Waals surface area contributed by atoms with E-state index in [1.54, 1.807) is 11.7 Å². The van der Waals surface area contributed by atoms with E-state index in [0.29, 0.717) is 30.1 Å². The number of nitrogens with zero attached hydrogens (tertiary/aromatic N) is 4. The summed E-state index contributed by atoms with van der Waals surface area (Å²) in [6.07, 6.45) is 2.91. The van der Waals surface area contributed by atoms with Crippen LogP contribution in [0.1, 0.15) is 37.1 Å². The maximum Gasteiger partial charge on any atom is 0.306 e. The van der Waals surface area contributed by atoms with Gasteiger partial charge in [-0.25, -0.2) is 4.98 Å². The van der Waals surface area contributed by atoms with E-state index in [9.17, 15) is 9.90 Å². The molecule has 0 bridgehead atoms. The van der Waals surface area contributed by atoms with Gasteiger partial charge in [-0.3, -0.25) is 9.48 Å². The first-order valence-electron chi connectivity index (χ1n) is 8.45. The Bertz CT molecular complexity index is 774. The fourth-order valence-electron chi connectivity index (χ4n) is 3.27. The van der Waals surface area contributed by atoms with Crippen LogP contribution in [0.15, 0.2) is 12.1 Å². The van der Waals surface area contributed by atoms with E-state index >= 15 is 0 Å². The van der Waals surface area contributed by atoms with Crippen LogP contribution < -0.4 is 10.5 Å². The van der Waals surface area contributed by atoms with Crippen LogP contribution in [-0.4, -0.2) is 37.2 Å². The molecule has 0 aliphatic heterocycles. The maximum absolute atomic E-state index is 11.2. The summed E-state index contributed by atoms with van der Waals surface area (Å²) in [6, 6.07) is 3.69. The molecule has 0 radical (unpaired) electrons. The summed E-state index contributed by atoms with van der Waals surface area (Å²) in [6.45, 7) is 2.20. The Kier molecular flexibility index (Phi) is 4.98. The van der Waals surface area contributed by atoms with Gasteiger partial charge < -0.3 is 15.6 Å². The normalized spacial score (nSPS) is 20.4. The van der Waals surface area contributed by atoms with Gasteiger partial charge in [0.05, 0.1) is 29.1 Å². The van der Waals surface area contributed by atoms with Crippen molar-refractivity contribution in [1.82, 2.24) is 20.0 Å². The molecule has 3 N–H and O–H groups in total. The number of pyridine rings is 1. The molecule has 2 aromatic rings. The highest BCUT2D eigenvalue weighted by Crippen LogP contribution is 2.30. The number of nitrogens with two attached hydrogens (primary N) is 1. The summed E-state index contributed by atoms with van der Waals surface area (Å²) in [5, 5.41) is 17.3. The van der Waals surface area contributed by atoms with E-state index in [4.69, 9.17) is 10.5 Å². The van der Waals surface area contributed by atoms with Crippen molar-refractivity contribution in [2.24, 2.45) is 18.7 Å². The molecule has 0 spiro atoms. The fourth-order valence-corrected chi connectivity index (χ4v) is 3.27. The Morgan fingerprint density at radius 2 is 2.24 bits per heavy atom. The molecule has 2 unspecified atom stereocenters. The van der Waals surface area contributed by atoms with E-state index < -0.39 is 5.97 Å². The summed E-state index contributed by atoms with van der Waals surface area (Å²) in [7, 11) is 1.80. The first-order chi connectivity index (χ1) is 12.0. The Morgan fingerprint density at radius 1 is 1.44 bits per heavy atom. The lowest BCUT2D eigenvalue weighted by molar-refractivity contribution is -0.143. The molecule has 2 heterocycles. The SMILES string of the molecule is Cc1nc(-c2nnn(C)c2CN)ccc1OC1CCCC(C(=O)O)C1. The number of aromatic nitrogens is 4. The van der Waals surface area contributed by atoms with E-state index in [0.717, 1.165) is 30.7 Å². The number of aliphatic carboxylic acids is 1. The van der Waals surface area contributed by atoms with Gasteiger partial charge in [0.1, 0.15) is 11.4 Å². The van der Waals surface area contributed by atoms with Crippen LogP contribution in [0.25, 0.3) is 11.4 Å². The van der Waals surface area contributed by atoms with Crippen LogP contribution in [0.5, 0.6) is 5.75 Å². The molecule has 8 heteroatoms. The van der Waals surface area contributed by atoms with Crippen LogP contribution in [0.3, 0.4) is 0 Å². The number of carboxylic acid groups (broad SMARTS) is 1. The predicted octanol–water partition coefficient (Wildman–Crippen LogP) is 1.67. The highest BCUT2D eigenvalue weighted by atomic mass is 16.5. The highest BCUT2D eigenvalue weighted by molar-refractivity contribution is 5.70. The van der Waals surface area contributed by atoms with Crippen LogP contribution >= 0.6 is 0 Å². The number of carboxylic acids is 1. The van der Waals surface area contributed by atoms with Crippen molar-refractivity contribution in [1.29, 1.82) is 0 Å². The van der Waals surface area contributed by atoms with Gasteiger partial charge in [0.2, 0.25) is 0 Å². The van der Waals surface area contributed by atoms with Crippen molar-refractivity contribution >= 4 is 5.97 Å². The Morgan fingerprint density at radius 3 is 2.92 bits per heavy atom. The monoisotopic (exact) mass is 345 g/mol. The van der Waals surface area contributed by atoms with Crippen LogP contribution in [-0.2, 0) is 18.4 Å². The van der Waals surface area contributed by atoms with E-state index in [2.05, 4.69) is 15.3 Å². The summed E-state index contributed by atoms with van der Waals surface area (Å²) < 4.78 is 7.67. The van der Waals surface area contributed by atoms with Gasteiger partial charge in [-0.2, -0.15) is 0 Å². The zero-order valence-corrected chi connectivity index (χ0v) is 14.5. The lowest BCUT2D eigenvalue weighted by atomic mass is 9.87. The zero-order chi connectivity index (χ0) is 18.0. The van der Waals surface area contributed by atoms with E-state index in [1.807, 2.05) is 19.1 Å². The third kappa shape index (κ3) is 3.63. The van der Waals surface area contributed by atoms with Gasteiger partial charge in [-0.05, 0) is 44.7 Å². The number of hydrogen-bond acceptors (Lipinski definition) is 6. The number of ether oxygens (including phenoxy) is 1. The largest absolute Gasteiger partial charge is 0.489 e. The van der Waals surface area contributed by atoms with Gasteiger partial charge >= 0.3 is 5.97 Å². The third-order valence-corrected chi connectivity index (χ3v) is 4.69. The van der Waals surface area contributed by atoms with Crippen molar-refractivity contribution in [3.8, 4) is 17.1 Å². The molecule has 0 saturated heterocycles. The van der Waals surface area contributed by atoms with Gasteiger partial charge in [-0.15, -0.1) is 5.10 Å². The first-order valence-corrected chi connectivity index (χ1v) is 8.45. The minimum Gasteiger partial charge on any atom is -0.489 e. The second kappa shape index (κ2) is 7.18. The smallest absolute Gasteiger partial charge is 0.306 e. The van der Waals surface area contributed by atoms with Crippen molar-refractivity contribution in [2.75, 3.05) is 0 Å². The molecule has 2 aromatic heterocycles. The molecule has 25 heavy (non-hydrogen) atoms. The number of carbonyl (C=O) groups is 1. The molecule has 134 valence electrons. The number of rotatable bonds is 5. The summed E-state index contributed by atoms with van der Waals surface area (Å²) in [5.41, 5.74) is 8.69. The van der Waals surface area contributed by atoms with Crippen LogP contribution in [0.2, 0.25) is 0 Å². The Labute approximate surface area is 146 Å². The average molecular weight is 345 g/mol. The summed E-state index contributed by atoms with van der Waals surface area (Å²) >= 11 is 0. The van der Waals surface area contributed by atoms with Crippen molar-refractivity contribution in [3.63, 3.8) is 0 Å². The topological polar surface area (TPSA) is 116 Å². The zero-order valence-electron chi connectivity index (χ0n) is 14.5. The molecule has 0 aromatic carbocycles. The second-order valence-corrected chi connectivity index (χ2v) is 6.43. The molecule has 1 aliphatic rings. The third-order valence-electron chi connectivity index (χ3n) is 4.69. The van der Waals surface area contributed by atoms with E-state index in [1.165, 1.54) is 0 Å². The summed E-state index contributed by atoms with van der Waals surface area (Å²) in [5.74, 6) is -0.383. The van der Waals surface area contributed by atoms with Crippen LogP contribution in [0.4, 0.5) is 0 Å². The first kappa shape index (κ1) is 17.3. The van der Waals surface area contributed by atoms with Crippen molar-refractivity contribution < 1.29 is 14.6 Å². The number of hydrogen-bond donors (Lipinski definition) is 2. The van der Waals surface area contributed by atoms with Crippen molar-refractivity contribution in [3.05, 3.63) is 23.5 Å². The molecular formula is C17H23N5O3. The molecule has 1 fully saturated rings. The lowest BCUT2D eigenvalue weighted by Gasteiger charge is -2.27. The second-order valence-electron chi connectivity index (χ2n) is 6.43. The average Bonchev–Trinajstić information content (AvgIpc) is 2.97. The van der Waals surface area contributed by atoms with Crippen molar-refractivity contribution in [2.45, 2.75) is 45.3 Å². The minimum atomic E-state index is -0.740. The quantitative estimate of drug-likeness (QED) is 0.846. The molecule has 0 amide bonds. The molecule has 2 atom stereocenters. The number of aryl methyl sites for hydroxylation is 2.